The third kappa shape index (κ3) is 3.89. The van der Waals surface area contributed by atoms with E-state index in [4.69, 9.17) is 11.6 Å². The van der Waals surface area contributed by atoms with Crippen LogP contribution >= 0.6 is 11.6 Å². The minimum atomic E-state index is -0.183. The zero-order valence-electron chi connectivity index (χ0n) is 13.4. The average molecular weight is 345 g/mol. The summed E-state index contributed by atoms with van der Waals surface area (Å²) in [6, 6.07) is 14.9. The maximum atomic E-state index is 12.4. The Morgan fingerprint density at radius 2 is 1.88 bits per heavy atom. The van der Waals surface area contributed by atoms with Crippen LogP contribution in [0.2, 0.25) is 5.02 Å². The van der Waals surface area contributed by atoms with Gasteiger partial charge in [0.05, 0.1) is 11.1 Å². The maximum Gasteiger partial charge on any atom is 0.251 e. The molecule has 1 aliphatic heterocycles. The molecule has 5 heteroatoms. The summed E-state index contributed by atoms with van der Waals surface area (Å²) in [5, 5.41) is 12.6. The summed E-state index contributed by atoms with van der Waals surface area (Å²) in [5.41, 5.74) is 1.66. The highest BCUT2D eigenvalue weighted by Crippen LogP contribution is 2.25. The molecule has 2 N–H and O–H groups in total. The van der Waals surface area contributed by atoms with Crippen LogP contribution in [-0.4, -0.2) is 35.5 Å². The van der Waals surface area contributed by atoms with Crippen LogP contribution in [0.5, 0.6) is 5.75 Å². The number of carbonyl (C=O) groups is 1. The molecule has 1 heterocycles. The molecule has 4 nitrogen and oxygen atoms in total. The zero-order chi connectivity index (χ0) is 16.9. The number of amides is 1. The van der Waals surface area contributed by atoms with E-state index >= 15 is 0 Å². The molecule has 0 radical (unpaired) electrons. The first-order valence-electron chi connectivity index (χ1n) is 8.21. The number of hydrogen-bond donors (Lipinski definition) is 2. The van der Waals surface area contributed by atoms with Crippen LogP contribution in [0.25, 0.3) is 0 Å². The zero-order valence-corrected chi connectivity index (χ0v) is 14.2. The first-order valence-corrected chi connectivity index (χ1v) is 8.58. The lowest BCUT2D eigenvalue weighted by Crippen LogP contribution is -2.36. The Morgan fingerprint density at radius 1 is 1.17 bits per heavy atom. The first kappa shape index (κ1) is 16.8. The van der Waals surface area contributed by atoms with E-state index in [2.05, 4.69) is 22.3 Å². The van der Waals surface area contributed by atoms with Gasteiger partial charge in [0, 0.05) is 12.1 Å². The van der Waals surface area contributed by atoms with E-state index in [1.165, 1.54) is 30.5 Å². The lowest BCUT2D eigenvalue weighted by atomic mass is 10.1. The number of nitrogens with zero attached hydrogens (tertiary/aromatic N) is 1. The van der Waals surface area contributed by atoms with Gasteiger partial charge in [-0.25, -0.2) is 0 Å². The van der Waals surface area contributed by atoms with E-state index in [1.54, 1.807) is 6.07 Å². The van der Waals surface area contributed by atoms with Gasteiger partial charge < -0.3 is 10.4 Å². The van der Waals surface area contributed by atoms with Gasteiger partial charge in [-0.15, -0.1) is 0 Å². The minimum absolute atomic E-state index is 0.0209. The average Bonchev–Trinajstić information content (AvgIpc) is 3.12. The van der Waals surface area contributed by atoms with Crippen molar-refractivity contribution in [2.75, 3.05) is 19.6 Å². The number of likely N-dealkylation sites (tertiary alicyclic amines) is 1. The van der Waals surface area contributed by atoms with E-state index < -0.39 is 0 Å². The van der Waals surface area contributed by atoms with Crippen LogP contribution < -0.4 is 5.32 Å². The van der Waals surface area contributed by atoms with Crippen LogP contribution in [-0.2, 0) is 0 Å². The summed E-state index contributed by atoms with van der Waals surface area (Å²) in [4.78, 5) is 14.8. The molecule has 0 bridgehead atoms. The van der Waals surface area contributed by atoms with Gasteiger partial charge in [-0.1, -0.05) is 41.9 Å². The number of aromatic hydroxyl groups is 1. The molecule has 1 amide bonds. The number of benzene rings is 2. The van der Waals surface area contributed by atoms with Gasteiger partial charge >= 0.3 is 0 Å². The van der Waals surface area contributed by atoms with Crippen molar-refractivity contribution >= 4 is 17.5 Å². The molecule has 0 aromatic heterocycles. The summed E-state index contributed by atoms with van der Waals surface area (Å²) in [6.45, 7) is 2.66. The molecule has 0 aliphatic carbocycles. The summed E-state index contributed by atoms with van der Waals surface area (Å²) in [7, 11) is 0. The fraction of sp³-hybridized carbons (Fsp3) is 0.316. The molecule has 0 saturated carbocycles. The standard InChI is InChI=1S/C19H21ClN2O2/c20-16-12-15(8-9-18(16)23)19(24)21-13-17(22-10-4-5-11-22)14-6-2-1-3-7-14/h1-3,6-9,12,17,23H,4-5,10-11,13H2,(H,21,24)/t17-/m1/s1. The third-order valence-electron chi connectivity index (χ3n) is 4.43. The monoisotopic (exact) mass is 344 g/mol. The largest absolute Gasteiger partial charge is 0.506 e. The highest BCUT2D eigenvalue weighted by Gasteiger charge is 2.24. The maximum absolute atomic E-state index is 12.4. The number of phenols is 1. The SMILES string of the molecule is O=C(NC[C@H](c1ccccc1)N1CCCC1)c1ccc(O)c(Cl)c1. The molecule has 1 fully saturated rings. The van der Waals surface area contributed by atoms with Crippen molar-refractivity contribution in [1.29, 1.82) is 0 Å². The van der Waals surface area contributed by atoms with Gasteiger partial charge in [-0.05, 0) is 49.7 Å². The van der Waals surface area contributed by atoms with Gasteiger partial charge in [0.15, 0.2) is 0 Å². The summed E-state index contributed by atoms with van der Waals surface area (Å²) in [5.74, 6) is -0.204. The molecule has 0 spiro atoms. The van der Waals surface area contributed by atoms with Crippen LogP contribution in [0, 0.1) is 0 Å². The molecule has 1 atom stereocenters. The van der Waals surface area contributed by atoms with Gasteiger partial charge in [0.1, 0.15) is 5.75 Å². The fourth-order valence-corrected chi connectivity index (χ4v) is 3.31. The van der Waals surface area contributed by atoms with E-state index in [-0.39, 0.29) is 22.7 Å². The summed E-state index contributed by atoms with van der Waals surface area (Å²) in [6.07, 6.45) is 2.40. The quantitative estimate of drug-likeness (QED) is 0.871. The molecule has 0 unspecified atom stereocenters. The number of nitrogens with one attached hydrogen (secondary N) is 1. The smallest absolute Gasteiger partial charge is 0.251 e. The number of hydrogen-bond acceptors (Lipinski definition) is 3. The highest BCUT2D eigenvalue weighted by atomic mass is 35.5. The van der Waals surface area contributed by atoms with E-state index in [0.29, 0.717) is 12.1 Å². The Kier molecular flexibility index (Phi) is 5.38. The van der Waals surface area contributed by atoms with Gasteiger partial charge in [0.2, 0.25) is 0 Å². The molecule has 1 aliphatic rings. The van der Waals surface area contributed by atoms with Gasteiger partial charge in [-0.2, -0.15) is 0 Å². The Morgan fingerprint density at radius 3 is 2.54 bits per heavy atom. The van der Waals surface area contributed by atoms with Crippen LogP contribution in [0.3, 0.4) is 0 Å². The van der Waals surface area contributed by atoms with Crippen molar-refractivity contribution in [1.82, 2.24) is 10.2 Å². The van der Waals surface area contributed by atoms with Gasteiger partial charge in [-0.3, -0.25) is 9.69 Å². The van der Waals surface area contributed by atoms with Crippen LogP contribution in [0.4, 0.5) is 0 Å². The Balaban J connectivity index is 1.71. The Labute approximate surface area is 147 Å². The molecule has 126 valence electrons. The summed E-state index contributed by atoms with van der Waals surface area (Å²) >= 11 is 5.88. The first-order chi connectivity index (χ1) is 11.6. The molecule has 3 rings (SSSR count). The second kappa shape index (κ2) is 7.69. The highest BCUT2D eigenvalue weighted by molar-refractivity contribution is 6.32. The second-order valence-electron chi connectivity index (χ2n) is 6.05. The molecular weight excluding hydrogens is 324 g/mol. The normalized spacial score (nSPS) is 16.0. The lowest BCUT2D eigenvalue weighted by Gasteiger charge is -2.28. The van der Waals surface area contributed by atoms with E-state index in [0.717, 1.165) is 13.1 Å². The molecule has 24 heavy (non-hydrogen) atoms. The summed E-state index contributed by atoms with van der Waals surface area (Å²) < 4.78 is 0. The fourth-order valence-electron chi connectivity index (χ4n) is 3.13. The van der Waals surface area contributed by atoms with Crippen molar-refractivity contribution in [3.8, 4) is 5.75 Å². The predicted molar refractivity (Wildman–Crippen MR) is 95.4 cm³/mol. The number of halogens is 1. The number of phenolic OH excluding ortho intramolecular Hbond substituents is 1. The van der Waals surface area contributed by atoms with Crippen LogP contribution in [0.1, 0.15) is 34.8 Å². The van der Waals surface area contributed by atoms with Gasteiger partial charge in [0.25, 0.3) is 5.91 Å². The van der Waals surface area contributed by atoms with Crippen molar-refractivity contribution in [3.05, 3.63) is 64.7 Å². The molecule has 2 aromatic rings. The lowest BCUT2D eigenvalue weighted by molar-refractivity contribution is 0.0938. The van der Waals surface area contributed by atoms with E-state index in [9.17, 15) is 9.90 Å². The second-order valence-corrected chi connectivity index (χ2v) is 6.45. The predicted octanol–water partition coefficient (Wildman–Crippen LogP) is 3.61. The van der Waals surface area contributed by atoms with Crippen molar-refractivity contribution in [2.24, 2.45) is 0 Å². The van der Waals surface area contributed by atoms with Crippen molar-refractivity contribution in [3.63, 3.8) is 0 Å². The van der Waals surface area contributed by atoms with Crippen molar-refractivity contribution in [2.45, 2.75) is 18.9 Å². The molecule has 2 aromatic carbocycles. The number of carbonyl (C=O) groups excluding carboxylic acids is 1. The molecule has 1 saturated heterocycles. The topological polar surface area (TPSA) is 52.6 Å². The van der Waals surface area contributed by atoms with E-state index in [1.807, 2.05) is 18.2 Å². The third-order valence-corrected chi connectivity index (χ3v) is 4.73. The Bertz CT molecular complexity index is 700. The van der Waals surface area contributed by atoms with Crippen molar-refractivity contribution < 1.29 is 9.90 Å². The minimum Gasteiger partial charge on any atom is -0.506 e. The molecular formula is C19H21ClN2O2. The van der Waals surface area contributed by atoms with Crippen LogP contribution in [0.15, 0.2) is 48.5 Å². The number of rotatable bonds is 5. The Hall–Kier alpha value is -2.04.